The highest BCUT2D eigenvalue weighted by atomic mass is 35.5. The Morgan fingerprint density at radius 3 is 2.71 bits per heavy atom. The van der Waals surface area contributed by atoms with Gasteiger partial charge in [-0.2, -0.15) is 0 Å². The first-order chi connectivity index (χ1) is 12.8. The number of amides is 1. The van der Waals surface area contributed by atoms with Crippen molar-refractivity contribution in [1.82, 2.24) is 15.1 Å². The van der Waals surface area contributed by atoms with E-state index in [2.05, 4.69) is 30.1 Å². The van der Waals surface area contributed by atoms with Gasteiger partial charge >= 0.3 is 5.97 Å². The van der Waals surface area contributed by atoms with Crippen LogP contribution in [0.4, 0.5) is 0 Å². The number of halogens is 1. The van der Waals surface area contributed by atoms with Crippen LogP contribution in [-0.4, -0.2) is 66.1 Å². The van der Waals surface area contributed by atoms with Crippen molar-refractivity contribution in [1.29, 1.82) is 0 Å². The molecule has 1 aromatic carbocycles. The van der Waals surface area contributed by atoms with Gasteiger partial charge in [-0.3, -0.25) is 19.4 Å². The number of hydrogen-bond donors (Lipinski definition) is 2. The molecular formula is C21H34ClN3O3. The first-order valence-electron chi connectivity index (χ1n) is 9.86. The van der Waals surface area contributed by atoms with Gasteiger partial charge in [0.05, 0.1) is 6.54 Å². The Labute approximate surface area is 174 Å². The minimum absolute atomic E-state index is 0. The summed E-state index contributed by atoms with van der Waals surface area (Å²) >= 11 is 0. The first kappa shape index (κ1) is 24.4. The second kappa shape index (κ2) is 12.0. The van der Waals surface area contributed by atoms with Crippen LogP contribution in [0.3, 0.4) is 0 Å². The van der Waals surface area contributed by atoms with Crippen LogP contribution in [0.25, 0.3) is 0 Å². The van der Waals surface area contributed by atoms with Crippen molar-refractivity contribution in [2.24, 2.45) is 5.92 Å². The molecule has 0 aromatic heterocycles. The van der Waals surface area contributed by atoms with Crippen LogP contribution in [0.5, 0.6) is 0 Å². The lowest BCUT2D eigenvalue weighted by Gasteiger charge is -2.25. The maximum Gasteiger partial charge on any atom is 0.317 e. The molecule has 0 bridgehead atoms. The van der Waals surface area contributed by atoms with Gasteiger partial charge in [-0.1, -0.05) is 26.0 Å². The fraction of sp³-hybridized carbons (Fsp3) is 0.619. The number of likely N-dealkylation sites (N-methyl/N-ethyl adjacent to an activating group) is 1. The summed E-state index contributed by atoms with van der Waals surface area (Å²) < 4.78 is 0. The lowest BCUT2D eigenvalue weighted by atomic mass is 10.1. The van der Waals surface area contributed by atoms with Gasteiger partial charge in [0.15, 0.2) is 0 Å². The number of hydrogen-bond acceptors (Lipinski definition) is 4. The summed E-state index contributed by atoms with van der Waals surface area (Å²) in [5, 5.41) is 12.0. The zero-order valence-corrected chi connectivity index (χ0v) is 18.0. The molecule has 0 aliphatic carbocycles. The molecular weight excluding hydrogens is 378 g/mol. The summed E-state index contributed by atoms with van der Waals surface area (Å²) in [6.45, 7) is 7.70. The number of nitrogens with one attached hydrogen (secondary N) is 1. The molecule has 1 aliphatic heterocycles. The summed E-state index contributed by atoms with van der Waals surface area (Å²) in [4.78, 5) is 27.6. The number of carbonyl (C=O) groups excluding carboxylic acids is 1. The lowest BCUT2D eigenvalue weighted by molar-refractivity contribution is -0.138. The maximum absolute atomic E-state index is 12.3. The number of nitrogens with zero attached hydrogens (tertiary/aromatic N) is 2. The minimum Gasteiger partial charge on any atom is -0.480 e. The average molecular weight is 412 g/mol. The van der Waals surface area contributed by atoms with Crippen molar-refractivity contribution >= 4 is 24.3 Å². The van der Waals surface area contributed by atoms with E-state index in [1.807, 2.05) is 30.1 Å². The topological polar surface area (TPSA) is 72.9 Å². The third-order valence-corrected chi connectivity index (χ3v) is 5.06. The molecule has 1 aliphatic rings. The van der Waals surface area contributed by atoms with Crippen LogP contribution in [0.2, 0.25) is 0 Å². The Balaban J connectivity index is 0.00000392. The van der Waals surface area contributed by atoms with E-state index < -0.39 is 5.97 Å². The smallest absolute Gasteiger partial charge is 0.317 e. The molecule has 1 saturated heterocycles. The monoisotopic (exact) mass is 411 g/mol. The molecule has 0 saturated carbocycles. The third-order valence-electron chi connectivity index (χ3n) is 5.06. The summed E-state index contributed by atoms with van der Waals surface area (Å²) in [6.07, 6.45) is 3.06. The molecule has 1 unspecified atom stereocenters. The molecule has 1 atom stereocenters. The Kier molecular flexibility index (Phi) is 10.5. The van der Waals surface area contributed by atoms with Crippen molar-refractivity contribution in [3.05, 3.63) is 35.4 Å². The van der Waals surface area contributed by atoms with Crippen LogP contribution in [0.15, 0.2) is 24.3 Å². The van der Waals surface area contributed by atoms with Gasteiger partial charge in [0.25, 0.3) is 5.91 Å². The molecule has 1 heterocycles. The highest BCUT2D eigenvalue weighted by Crippen LogP contribution is 2.18. The van der Waals surface area contributed by atoms with Crippen LogP contribution in [0, 0.1) is 5.92 Å². The van der Waals surface area contributed by atoms with E-state index >= 15 is 0 Å². The minimum atomic E-state index is -0.772. The summed E-state index contributed by atoms with van der Waals surface area (Å²) in [5.41, 5.74) is 1.85. The molecule has 0 spiro atoms. The predicted octanol–water partition coefficient (Wildman–Crippen LogP) is 2.87. The van der Waals surface area contributed by atoms with Crippen LogP contribution >= 0.6 is 12.4 Å². The van der Waals surface area contributed by atoms with Crippen molar-refractivity contribution in [3.8, 4) is 0 Å². The number of carbonyl (C=O) groups is 2. The van der Waals surface area contributed by atoms with Crippen molar-refractivity contribution in [2.75, 3.05) is 33.2 Å². The van der Waals surface area contributed by atoms with Gasteiger partial charge in [0, 0.05) is 24.7 Å². The number of carboxylic acid groups (broad SMARTS) is 1. The molecule has 2 rings (SSSR count). The second-order valence-electron chi connectivity index (χ2n) is 7.97. The van der Waals surface area contributed by atoms with Crippen molar-refractivity contribution < 1.29 is 14.7 Å². The molecule has 2 N–H and O–H groups in total. The molecule has 1 aromatic rings. The predicted molar refractivity (Wildman–Crippen MR) is 114 cm³/mol. The normalized spacial score (nSPS) is 17.8. The van der Waals surface area contributed by atoms with E-state index in [0.29, 0.717) is 24.1 Å². The lowest BCUT2D eigenvalue weighted by Crippen LogP contribution is -2.36. The van der Waals surface area contributed by atoms with Gasteiger partial charge in [0.2, 0.25) is 0 Å². The zero-order chi connectivity index (χ0) is 19.8. The van der Waals surface area contributed by atoms with E-state index in [1.54, 1.807) is 0 Å². The molecule has 1 amide bonds. The molecule has 158 valence electrons. The first-order valence-corrected chi connectivity index (χ1v) is 9.86. The van der Waals surface area contributed by atoms with Crippen LogP contribution < -0.4 is 5.32 Å². The van der Waals surface area contributed by atoms with Gasteiger partial charge in [-0.15, -0.1) is 12.4 Å². The fourth-order valence-electron chi connectivity index (χ4n) is 3.55. The van der Waals surface area contributed by atoms with Crippen LogP contribution in [-0.2, 0) is 11.3 Å². The Bertz CT molecular complexity index is 639. The highest BCUT2D eigenvalue weighted by Gasteiger charge is 2.21. The van der Waals surface area contributed by atoms with Crippen molar-refractivity contribution in [3.63, 3.8) is 0 Å². The van der Waals surface area contributed by atoms with Gasteiger partial charge < -0.3 is 10.4 Å². The van der Waals surface area contributed by atoms with Gasteiger partial charge in [-0.25, -0.2) is 0 Å². The molecule has 28 heavy (non-hydrogen) atoms. The van der Waals surface area contributed by atoms with E-state index in [4.69, 9.17) is 5.11 Å². The Hall–Kier alpha value is -1.63. The van der Waals surface area contributed by atoms with E-state index in [9.17, 15) is 9.59 Å². The number of benzene rings is 1. The molecule has 1 fully saturated rings. The SMILES string of the molecule is CC(C)CNC(=O)c1cccc(CN2CCCC(N(C)CC(=O)O)CC2)c1.Cl. The number of likely N-dealkylation sites (tertiary alicyclic amines) is 1. The van der Waals surface area contributed by atoms with E-state index in [0.717, 1.165) is 44.5 Å². The Morgan fingerprint density at radius 1 is 1.29 bits per heavy atom. The Morgan fingerprint density at radius 2 is 2.04 bits per heavy atom. The zero-order valence-electron chi connectivity index (χ0n) is 17.2. The van der Waals surface area contributed by atoms with E-state index in [-0.39, 0.29) is 24.9 Å². The quantitative estimate of drug-likeness (QED) is 0.688. The van der Waals surface area contributed by atoms with Gasteiger partial charge in [-0.05, 0) is 63.0 Å². The summed E-state index contributed by atoms with van der Waals surface area (Å²) in [5.74, 6) is -0.357. The van der Waals surface area contributed by atoms with Gasteiger partial charge in [0.1, 0.15) is 0 Å². The molecule has 7 heteroatoms. The molecule has 0 radical (unpaired) electrons. The number of aliphatic carboxylic acids is 1. The van der Waals surface area contributed by atoms with Crippen LogP contribution in [0.1, 0.15) is 49.0 Å². The fourth-order valence-corrected chi connectivity index (χ4v) is 3.55. The van der Waals surface area contributed by atoms with E-state index in [1.165, 1.54) is 0 Å². The van der Waals surface area contributed by atoms with Crippen molar-refractivity contribution in [2.45, 2.75) is 45.7 Å². The highest BCUT2D eigenvalue weighted by molar-refractivity contribution is 5.94. The number of rotatable bonds is 8. The summed E-state index contributed by atoms with van der Waals surface area (Å²) in [7, 11) is 1.90. The average Bonchev–Trinajstić information content (AvgIpc) is 2.85. The molecule has 6 nitrogen and oxygen atoms in total. The standard InChI is InChI=1S/C21H33N3O3.ClH/c1-16(2)13-22-21(27)18-7-4-6-17(12-18)14-24-10-5-8-19(9-11-24)23(3)15-20(25)26;/h4,6-7,12,16,19H,5,8-11,13-15H2,1-3H3,(H,22,27)(H,25,26);1H. The number of carboxylic acids is 1. The second-order valence-corrected chi connectivity index (χ2v) is 7.97. The maximum atomic E-state index is 12.3. The largest absolute Gasteiger partial charge is 0.480 e. The summed E-state index contributed by atoms with van der Waals surface area (Å²) in [6, 6.07) is 8.17. The third kappa shape index (κ3) is 8.17.